The highest BCUT2D eigenvalue weighted by atomic mass is 35.5. The first-order valence-corrected chi connectivity index (χ1v) is 8.50. The van der Waals surface area contributed by atoms with Crippen molar-refractivity contribution in [2.24, 2.45) is 0 Å². The fraction of sp³-hybridized carbons (Fsp3) is 0.368. The number of halogens is 1. The molecule has 1 fully saturated rings. The van der Waals surface area contributed by atoms with Crippen molar-refractivity contribution in [1.82, 2.24) is 4.90 Å². The molecule has 2 aromatic carbocycles. The highest BCUT2D eigenvalue weighted by Gasteiger charge is 2.20. The Morgan fingerprint density at radius 1 is 1.00 bits per heavy atom. The van der Waals surface area contributed by atoms with E-state index in [4.69, 9.17) is 17.3 Å². The van der Waals surface area contributed by atoms with Crippen molar-refractivity contribution in [1.29, 1.82) is 0 Å². The summed E-state index contributed by atoms with van der Waals surface area (Å²) < 4.78 is 0. The van der Waals surface area contributed by atoms with Crippen molar-refractivity contribution in [2.45, 2.75) is 20.4 Å². The summed E-state index contributed by atoms with van der Waals surface area (Å²) in [4.78, 5) is 4.93. The lowest BCUT2D eigenvalue weighted by molar-refractivity contribution is 0.250. The summed E-state index contributed by atoms with van der Waals surface area (Å²) in [6.45, 7) is 9.38. The zero-order chi connectivity index (χ0) is 16.4. The molecule has 2 aromatic rings. The minimum Gasteiger partial charge on any atom is -0.397 e. The van der Waals surface area contributed by atoms with Gasteiger partial charge in [-0.1, -0.05) is 41.9 Å². The number of nitrogens with zero attached hydrogens (tertiary/aromatic N) is 2. The second-order valence-electron chi connectivity index (χ2n) is 6.29. The molecule has 0 bridgehead atoms. The number of piperazine rings is 1. The van der Waals surface area contributed by atoms with E-state index in [2.05, 4.69) is 47.1 Å². The minimum absolute atomic E-state index is 0.662. The molecular formula is C19H24ClN3. The van der Waals surface area contributed by atoms with Crippen LogP contribution in [0, 0.1) is 13.8 Å². The number of hydrogen-bond donors (Lipinski definition) is 1. The first-order valence-electron chi connectivity index (χ1n) is 8.12. The van der Waals surface area contributed by atoms with Crippen LogP contribution in [0.3, 0.4) is 0 Å². The van der Waals surface area contributed by atoms with Crippen molar-refractivity contribution < 1.29 is 0 Å². The molecule has 0 saturated carbocycles. The van der Waals surface area contributed by atoms with Gasteiger partial charge in [-0.05, 0) is 36.6 Å². The van der Waals surface area contributed by atoms with Crippen LogP contribution in [-0.2, 0) is 6.54 Å². The molecule has 2 N–H and O–H groups in total. The van der Waals surface area contributed by atoms with Gasteiger partial charge in [0.05, 0.1) is 10.7 Å². The third kappa shape index (κ3) is 3.46. The average Bonchev–Trinajstić information content (AvgIpc) is 2.58. The van der Waals surface area contributed by atoms with Crippen molar-refractivity contribution in [3.63, 3.8) is 0 Å². The van der Waals surface area contributed by atoms with Crippen LogP contribution in [0.25, 0.3) is 0 Å². The van der Waals surface area contributed by atoms with E-state index in [1.54, 1.807) is 0 Å². The molecule has 0 radical (unpaired) electrons. The summed E-state index contributed by atoms with van der Waals surface area (Å²) in [5.41, 5.74) is 11.7. The second kappa shape index (κ2) is 6.81. The average molecular weight is 330 g/mol. The van der Waals surface area contributed by atoms with Gasteiger partial charge in [0.15, 0.2) is 0 Å². The van der Waals surface area contributed by atoms with Gasteiger partial charge in [0.25, 0.3) is 0 Å². The molecule has 0 atom stereocenters. The van der Waals surface area contributed by atoms with Gasteiger partial charge in [0.1, 0.15) is 0 Å². The summed E-state index contributed by atoms with van der Waals surface area (Å²) >= 11 is 6.28. The lowest BCUT2D eigenvalue weighted by Gasteiger charge is -2.37. The maximum Gasteiger partial charge on any atom is 0.0658 e. The molecule has 3 rings (SSSR count). The Hall–Kier alpha value is -1.71. The van der Waals surface area contributed by atoms with Crippen molar-refractivity contribution in [3.8, 4) is 0 Å². The van der Waals surface area contributed by atoms with E-state index in [-0.39, 0.29) is 0 Å². The van der Waals surface area contributed by atoms with Crippen molar-refractivity contribution in [3.05, 3.63) is 58.1 Å². The van der Waals surface area contributed by atoms with Crippen LogP contribution in [0.4, 0.5) is 11.4 Å². The van der Waals surface area contributed by atoms with E-state index in [1.165, 1.54) is 16.8 Å². The predicted molar refractivity (Wildman–Crippen MR) is 99.3 cm³/mol. The minimum atomic E-state index is 0.662. The Morgan fingerprint density at radius 2 is 1.65 bits per heavy atom. The largest absolute Gasteiger partial charge is 0.397 e. The topological polar surface area (TPSA) is 32.5 Å². The van der Waals surface area contributed by atoms with Crippen LogP contribution in [0.15, 0.2) is 36.4 Å². The van der Waals surface area contributed by atoms with Gasteiger partial charge in [-0.3, -0.25) is 4.90 Å². The SMILES string of the molecule is Cc1c(N2CCN(Cc3ccccc3)CC2)cc(Cl)c(N)c1C. The summed E-state index contributed by atoms with van der Waals surface area (Å²) in [6.07, 6.45) is 0. The number of hydrogen-bond acceptors (Lipinski definition) is 3. The van der Waals surface area contributed by atoms with Gasteiger partial charge < -0.3 is 10.6 Å². The molecule has 0 unspecified atom stereocenters. The van der Waals surface area contributed by atoms with Gasteiger partial charge in [0, 0.05) is 38.4 Å². The van der Waals surface area contributed by atoms with Crippen LogP contribution in [0.5, 0.6) is 0 Å². The first-order chi connectivity index (χ1) is 11.1. The van der Waals surface area contributed by atoms with E-state index in [9.17, 15) is 0 Å². The fourth-order valence-corrected chi connectivity index (χ4v) is 3.44. The first kappa shape index (κ1) is 16.2. The summed E-state index contributed by atoms with van der Waals surface area (Å²) in [5.74, 6) is 0. The summed E-state index contributed by atoms with van der Waals surface area (Å²) in [7, 11) is 0. The summed E-state index contributed by atoms with van der Waals surface area (Å²) in [6, 6.07) is 12.7. The van der Waals surface area contributed by atoms with Crippen LogP contribution in [0.2, 0.25) is 5.02 Å². The predicted octanol–water partition coefficient (Wildman–Crippen LogP) is 3.86. The molecular weight excluding hydrogens is 306 g/mol. The molecule has 1 aliphatic heterocycles. The van der Waals surface area contributed by atoms with Gasteiger partial charge in [0.2, 0.25) is 0 Å². The molecule has 1 heterocycles. The van der Waals surface area contributed by atoms with E-state index in [0.29, 0.717) is 10.7 Å². The Labute approximate surface area is 143 Å². The lowest BCUT2D eigenvalue weighted by Crippen LogP contribution is -2.46. The monoisotopic (exact) mass is 329 g/mol. The smallest absolute Gasteiger partial charge is 0.0658 e. The van der Waals surface area contributed by atoms with E-state index in [1.807, 2.05) is 13.0 Å². The Bertz CT molecular complexity index is 677. The number of rotatable bonds is 3. The molecule has 122 valence electrons. The van der Waals surface area contributed by atoms with Crippen LogP contribution in [-0.4, -0.2) is 31.1 Å². The maximum absolute atomic E-state index is 6.28. The standard InChI is InChI=1S/C19H24ClN3/c1-14-15(2)19(21)17(20)12-18(14)23-10-8-22(9-11-23)13-16-6-4-3-5-7-16/h3-7,12H,8-11,13,21H2,1-2H3. The molecule has 0 aromatic heterocycles. The Kier molecular flexibility index (Phi) is 4.79. The maximum atomic E-state index is 6.28. The third-order valence-electron chi connectivity index (χ3n) is 4.83. The Morgan fingerprint density at radius 3 is 2.30 bits per heavy atom. The third-order valence-corrected chi connectivity index (χ3v) is 5.15. The van der Waals surface area contributed by atoms with Gasteiger partial charge >= 0.3 is 0 Å². The molecule has 0 amide bonds. The molecule has 1 aliphatic rings. The zero-order valence-electron chi connectivity index (χ0n) is 13.8. The van der Waals surface area contributed by atoms with Crippen molar-refractivity contribution in [2.75, 3.05) is 36.8 Å². The van der Waals surface area contributed by atoms with E-state index < -0.39 is 0 Å². The quantitative estimate of drug-likeness (QED) is 0.868. The molecule has 1 saturated heterocycles. The van der Waals surface area contributed by atoms with Crippen LogP contribution >= 0.6 is 11.6 Å². The molecule has 0 spiro atoms. The van der Waals surface area contributed by atoms with Crippen molar-refractivity contribution >= 4 is 23.0 Å². The second-order valence-corrected chi connectivity index (χ2v) is 6.70. The van der Waals surface area contributed by atoms with E-state index >= 15 is 0 Å². The van der Waals surface area contributed by atoms with Crippen LogP contribution < -0.4 is 10.6 Å². The van der Waals surface area contributed by atoms with E-state index in [0.717, 1.165) is 38.3 Å². The molecule has 0 aliphatic carbocycles. The number of benzene rings is 2. The highest BCUT2D eigenvalue weighted by Crippen LogP contribution is 2.34. The summed E-state index contributed by atoms with van der Waals surface area (Å²) in [5, 5.41) is 0.662. The molecule has 4 heteroatoms. The lowest BCUT2D eigenvalue weighted by atomic mass is 10.0. The van der Waals surface area contributed by atoms with Crippen LogP contribution in [0.1, 0.15) is 16.7 Å². The fourth-order valence-electron chi connectivity index (χ4n) is 3.20. The van der Waals surface area contributed by atoms with Gasteiger partial charge in [-0.2, -0.15) is 0 Å². The van der Waals surface area contributed by atoms with Gasteiger partial charge in [-0.25, -0.2) is 0 Å². The number of nitrogens with two attached hydrogens (primary N) is 1. The highest BCUT2D eigenvalue weighted by molar-refractivity contribution is 6.33. The van der Waals surface area contributed by atoms with Gasteiger partial charge in [-0.15, -0.1) is 0 Å². The molecule has 23 heavy (non-hydrogen) atoms. The normalized spacial score (nSPS) is 15.9. The number of nitrogen functional groups attached to an aromatic ring is 1. The Balaban J connectivity index is 1.68. The number of anilines is 2. The zero-order valence-corrected chi connectivity index (χ0v) is 14.6. The molecule has 3 nitrogen and oxygen atoms in total.